The molecule has 20 heavy (non-hydrogen) atoms. The van der Waals surface area contributed by atoms with Gasteiger partial charge in [-0.25, -0.2) is 5.48 Å². The number of carbonyl (C=O) groups is 1. The first-order valence-electron chi connectivity index (χ1n) is 6.33. The van der Waals surface area contributed by atoms with Gasteiger partial charge < -0.3 is 4.74 Å². The summed E-state index contributed by atoms with van der Waals surface area (Å²) in [6.45, 7) is 0.816. The van der Waals surface area contributed by atoms with Gasteiger partial charge in [-0.15, -0.1) is 0 Å². The van der Waals surface area contributed by atoms with Gasteiger partial charge in [0.1, 0.15) is 0 Å². The van der Waals surface area contributed by atoms with Crippen LogP contribution in [0, 0.1) is 0 Å². The first kappa shape index (κ1) is 14.2. The van der Waals surface area contributed by atoms with Crippen LogP contribution in [0.15, 0.2) is 54.6 Å². The molecular formula is C16H17NO3. The van der Waals surface area contributed by atoms with Crippen molar-refractivity contribution in [1.29, 1.82) is 0 Å². The van der Waals surface area contributed by atoms with Crippen LogP contribution >= 0.6 is 0 Å². The number of benzene rings is 2. The van der Waals surface area contributed by atoms with Gasteiger partial charge in [-0.3, -0.25) is 9.63 Å². The molecule has 0 aliphatic heterocycles. The third-order valence-electron chi connectivity index (χ3n) is 2.75. The van der Waals surface area contributed by atoms with E-state index in [4.69, 9.17) is 9.57 Å². The van der Waals surface area contributed by atoms with Gasteiger partial charge in [0.15, 0.2) is 0 Å². The van der Waals surface area contributed by atoms with Crippen LogP contribution in [0.1, 0.15) is 21.5 Å². The molecule has 1 N–H and O–H groups in total. The van der Waals surface area contributed by atoms with E-state index in [9.17, 15) is 4.79 Å². The SMILES string of the molecule is COCc1cccc(C(=O)NOCc2ccccc2)c1. The first-order chi connectivity index (χ1) is 9.79. The van der Waals surface area contributed by atoms with Crippen LogP contribution in [-0.4, -0.2) is 13.0 Å². The van der Waals surface area contributed by atoms with E-state index >= 15 is 0 Å². The number of amides is 1. The van der Waals surface area contributed by atoms with Gasteiger partial charge in [0.2, 0.25) is 0 Å². The van der Waals surface area contributed by atoms with Crippen molar-refractivity contribution < 1.29 is 14.4 Å². The third kappa shape index (κ3) is 4.19. The van der Waals surface area contributed by atoms with Crippen LogP contribution in [0.5, 0.6) is 0 Å². The van der Waals surface area contributed by atoms with E-state index in [-0.39, 0.29) is 5.91 Å². The molecule has 0 aliphatic carbocycles. The molecule has 1 amide bonds. The minimum Gasteiger partial charge on any atom is -0.380 e. The lowest BCUT2D eigenvalue weighted by molar-refractivity contribution is 0.0233. The Balaban J connectivity index is 1.87. The summed E-state index contributed by atoms with van der Waals surface area (Å²) in [6.07, 6.45) is 0. The highest BCUT2D eigenvalue weighted by Gasteiger charge is 2.06. The molecule has 4 heteroatoms. The number of hydrogen-bond acceptors (Lipinski definition) is 3. The molecule has 0 atom stereocenters. The Morgan fingerprint density at radius 1 is 1.00 bits per heavy atom. The molecule has 0 saturated carbocycles. The predicted octanol–water partition coefficient (Wildman–Crippen LogP) is 2.69. The van der Waals surface area contributed by atoms with Gasteiger partial charge in [-0.05, 0) is 23.3 Å². The van der Waals surface area contributed by atoms with Gasteiger partial charge in [-0.2, -0.15) is 0 Å². The minimum absolute atomic E-state index is 0.265. The molecule has 0 saturated heterocycles. The molecular weight excluding hydrogens is 254 g/mol. The molecule has 0 unspecified atom stereocenters. The second-order valence-corrected chi connectivity index (χ2v) is 4.34. The molecule has 2 aromatic rings. The zero-order valence-electron chi connectivity index (χ0n) is 11.3. The van der Waals surface area contributed by atoms with Crippen LogP contribution < -0.4 is 5.48 Å². The Morgan fingerprint density at radius 3 is 2.50 bits per heavy atom. The first-order valence-corrected chi connectivity index (χ1v) is 6.33. The van der Waals surface area contributed by atoms with E-state index in [1.54, 1.807) is 19.2 Å². The van der Waals surface area contributed by atoms with Crippen LogP contribution in [0.4, 0.5) is 0 Å². The Hall–Kier alpha value is -2.17. The number of rotatable bonds is 6. The van der Waals surface area contributed by atoms with E-state index in [2.05, 4.69) is 5.48 Å². The number of ether oxygens (including phenoxy) is 1. The van der Waals surface area contributed by atoms with Gasteiger partial charge in [-0.1, -0.05) is 42.5 Å². The largest absolute Gasteiger partial charge is 0.380 e. The normalized spacial score (nSPS) is 10.2. The quantitative estimate of drug-likeness (QED) is 0.822. The minimum atomic E-state index is -0.265. The van der Waals surface area contributed by atoms with Gasteiger partial charge in [0.05, 0.1) is 13.2 Å². The maximum Gasteiger partial charge on any atom is 0.274 e. The zero-order valence-corrected chi connectivity index (χ0v) is 11.3. The Morgan fingerprint density at radius 2 is 1.75 bits per heavy atom. The maximum atomic E-state index is 11.9. The van der Waals surface area contributed by atoms with Crippen LogP contribution in [0.3, 0.4) is 0 Å². The summed E-state index contributed by atoms with van der Waals surface area (Å²) < 4.78 is 5.04. The number of carbonyl (C=O) groups excluding carboxylic acids is 1. The Labute approximate surface area is 118 Å². The van der Waals surface area contributed by atoms with Gasteiger partial charge in [0, 0.05) is 12.7 Å². The number of hydrogen-bond donors (Lipinski definition) is 1. The fourth-order valence-electron chi connectivity index (χ4n) is 1.79. The summed E-state index contributed by atoms with van der Waals surface area (Å²) in [5, 5.41) is 0. The molecule has 0 aliphatic rings. The van der Waals surface area contributed by atoms with Crippen molar-refractivity contribution in [3.63, 3.8) is 0 Å². The van der Waals surface area contributed by atoms with Gasteiger partial charge >= 0.3 is 0 Å². The summed E-state index contributed by atoms with van der Waals surface area (Å²) in [5.74, 6) is -0.265. The Bertz CT molecular complexity index is 555. The zero-order chi connectivity index (χ0) is 14.2. The van der Waals surface area contributed by atoms with E-state index in [0.717, 1.165) is 11.1 Å². The molecule has 0 bridgehead atoms. The average Bonchev–Trinajstić information content (AvgIpc) is 2.49. The molecule has 2 aromatic carbocycles. The van der Waals surface area contributed by atoms with Crippen molar-refractivity contribution in [2.45, 2.75) is 13.2 Å². The second kappa shape index (κ2) is 7.43. The summed E-state index contributed by atoms with van der Waals surface area (Å²) in [6, 6.07) is 16.9. The highest BCUT2D eigenvalue weighted by Crippen LogP contribution is 2.07. The fourth-order valence-corrected chi connectivity index (χ4v) is 1.79. The molecule has 4 nitrogen and oxygen atoms in total. The second-order valence-electron chi connectivity index (χ2n) is 4.34. The van der Waals surface area contributed by atoms with Crippen LogP contribution in [-0.2, 0) is 22.8 Å². The maximum absolute atomic E-state index is 11.9. The summed E-state index contributed by atoms with van der Waals surface area (Å²) >= 11 is 0. The molecule has 2 rings (SSSR count). The van der Waals surface area contributed by atoms with Crippen molar-refractivity contribution >= 4 is 5.91 Å². The number of hydroxylamine groups is 1. The van der Waals surface area contributed by atoms with Crippen LogP contribution in [0.2, 0.25) is 0 Å². The van der Waals surface area contributed by atoms with E-state index < -0.39 is 0 Å². The predicted molar refractivity (Wildman–Crippen MR) is 75.9 cm³/mol. The molecule has 0 spiro atoms. The summed E-state index contributed by atoms with van der Waals surface area (Å²) in [7, 11) is 1.62. The standard InChI is InChI=1S/C16H17NO3/c1-19-11-14-8-5-9-15(10-14)16(18)17-20-12-13-6-3-2-4-7-13/h2-10H,11-12H2,1H3,(H,17,18). The molecule has 0 radical (unpaired) electrons. The number of nitrogens with one attached hydrogen (secondary N) is 1. The van der Waals surface area contributed by atoms with Crippen molar-refractivity contribution in [3.05, 3.63) is 71.3 Å². The highest BCUT2D eigenvalue weighted by molar-refractivity contribution is 5.93. The van der Waals surface area contributed by atoms with Crippen molar-refractivity contribution in [3.8, 4) is 0 Å². The molecule has 0 heterocycles. The number of methoxy groups -OCH3 is 1. The van der Waals surface area contributed by atoms with Gasteiger partial charge in [0.25, 0.3) is 5.91 Å². The summed E-state index contributed by atoms with van der Waals surface area (Å²) in [5.41, 5.74) is 4.93. The molecule has 104 valence electrons. The Kier molecular flexibility index (Phi) is 5.29. The highest BCUT2D eigenvalue weighted by atomic mass is 16.6. The summed E-state index contributed by atoms with van der Waals surface area (Å²) in [4.78, 5) is 17.1. The lowest BCUT2D eigenvalue weighted by Gasteiger charge is -2.07. The lowest BCUT2D eigenvalue weighted by Crippen LogP contribution is -2.23. The smallest absolute Gasteiger partial charge is 0.274 e. The van der Waals surface area contributed by atoms with E-state index in [0.29, 0.717) is 18.8 Å². The monoisotopic (exact) mass is 271 g/mol. The average molecular weight is 271 g/mol. The van der Waals surface area contributed by atoms with E-state index in [1.165, 1.54) is 0 Å². The van der Waals surface area contributed by atoms with Crippen molar-refractivity contribution in [1.82, 2.24) is 5.48 Å². The topological polar surface area (TPSA) is 47.6 Å². The van der Waals surface area contributed by atoms with E-state index in [1.807, 2.05) is 42.5 Å². The fraction of sp³-hybridized carbons (Fsp3) is 0.188. The third-order valence-corrected chi connectivity index (χ3v) is 2.75. The van der Waals surface area contributed by atoms with Crippen molar-refractivity contribution in [2.24, 2.45) is 0 Å². The van der Waals surface area contributed by atoms with Crippen molar-refractivity contribution in [2.75, 3.05) is 7.11 Å². The molecule has 0 fully saturated rings. The van der Waals surface area contributed by atoms with Crippen LogP contribution in [0.25, 0.3) is 0 Å². The molecule has 0 aromatic heterocycles. The lowest BCUT2D eigenvalue weighted by atomic mass is 10.1.